The summed E-state index contributed by atoms with van der Waals surface area (Å²) in [5.74, 6) is 0. The number of nitrogens with zero attached hydrogens (tertiary/aromatic N) is 5. The maximum Gasteiger partial charge on any atom is 0.0967 e. The molecule has 1 unspecified atom stereocenters. The first-order valence-electron chi connectivity index (χ1n) is 6.17. The Kier molecular flexibility index (Phi) is 4.09. The van der Waals surface area contributed by atoms with E-state index in [4.69, 9.17) is 5.73 Å². The van der Waals surface area contributed by atoms with Crippen molar-refractivity contribution in [2.75, 3.05) is 33.7 Å². The van der Waals surface area contributed by atoms with Crippen LogP contribution in [0.15, 0.2) is 6.20 Å². The number of likely N-dealkylation sites (N-methyl/N-ethyl adjacent to an activating group) is 1. The predicted molar refractivity (Wildman–Crippen MR) is 66.4 cm³/mol. The number of nitrogens with two attached hydrogens (primary N) is 1. The normalized spacial score (nSPS) is 21.5. The van der Waals surface area contributed by atoms with E-state index in [9.17, 15) is 0 Å². The lowest BCUT2D eigenvalue weighted by Crippen LogP contribution is -2.31. The molecule has 2 N–H and O–H groups in total. The summed E-state index contributed by atoms with van der Waals surface area (Å²) >= 11 is 0. The number of aromatic nitrogens is 3. The van der Waals surface area contributed by atoms with Crippen molar-refractivity contribution in [2.45, 2.75) is 25.6 Å². The minimum atomic E-state index is 0.606. The molecule has 1 fully saturated rings. The second-order valence-electron chi connectivity index (χ2n) is 4.90. The topological polar surface area (TPSA) is 63.2 Å². The Morgan fingerprint density at radius 3 is 3.00 bits per heavy atom. The van der Waals surface area contributed by atoms with Crippen molar-refractivity contribution in [3.63, 3.8) is 0 Å². The molecule has 0 radical (unpaired) electrons. The molecule has 1 aromatic heterocycles. The second-order valence-corrected chi connectivity index (χ2v) is 4.90. The highest BCUT2D eigenvalue weighted by atomic mass is 15.4. The Morgan fingerprint density at radius 2 is 2.35 bits per heavy atom. The van der Waals surface area contributed by atoms with Gasteiger partial charge in [0.2, 0.25) is 0 Å². The standard InChI is InChI=1S/C11H22N6/c1-15(2)11-3-5-16(9-11)7-10-8-17(6-4-12)14-13-10/h8,11H,3-7,9,12H2,1-2H3. The number of rotatable bonds is 5. The lowest BCUT2D eigenvalue weighted by molar-refractivity contribution is 0.263. The summed E-state index contributed by atoms with van der Waals surface area (Å²) in [6.45, 7) is 4.51. The molecule has 1 aliphatic rings. The maximum absolute atomic E-state index is 5.48. The Labute approximate surface area is 102 Å². The molecule has 2 heterocycles. The van der Waals surface area contributed by atoms with Crippen LogP contribution in [-0.4, -0.2) is 64.6 Å². The molecule has 0 bridgehead atoms. The van der Waals surface area contributed by atoms with Crippen molar-refractivity contribution in [1.29, 1.82) is 0 Å². The molecule has 1 atom stereocenters. The predicted octanol–water partition coefficient (Wildman–Crippen LogP) is -0.627. The van der Waals surface area contributed by atoms with Crippen molar-refractivity contribution in [3.8, 4) is 0 Å². The van der Waals surface area contributed by atoms with Gasteiger partial charge < -0.3 is 10.6 Å². The first-order chi connectivity index (χ1) is 8.19. The molecule has 0 amide bonds. The smallest absolute Gasteiger partial charge is 0.0967 e. The molecule has 1 saturated heterocycles. The molecule has 0 aromatic carbocycles. The van der Waals surface area contributed by atoms with Crippen molar-refractivity contribution < 1.29 is 0 Å². The quantitative estimate of drug-likeness (QED) is 0.740. The Bertz CT molecular complexity index is 347. The van der Waals surface area contributed by atoms with Gasteiger partial charge in [-0.2, -0.15) is 0 Å². The van der Waals surface area contributed by atoms with Crippen molar-refractivity contribution in [1.82, 2.24) is 24.8 Å². The molecule has 2 rings (SSSR count). The summed E-state index contributed by atoms with van der Waals surface area (Å²) in [6.07, 6.45) is 3.24. The lowest BCUT2D eigenvalue weighted by atomic mass is 10.2. The van der Waals surface area contributed by atoms with E-state index in [1.165, 1.54) is 6.42 Å². The Balaban J connectivity index is 1.84. The average molecular weight is 238 g/mol. The third kappa shape index (κ3) is 3.24. The molecule has 96 valence electrons. The molecule has 6 heteroatoms. The molecular weight excluding hydrogens is 216 g/mol. The van der Waals surface area contributed by atoms with E-state index in [0.29, 0.717) is 12.6 Å². The summed E-state index contributed by atoms with van der Waals surface area (Å²) in [4.78, 5) is 4.73. The van der Waals surface area contributed by atoms with E-state index >= 15 is 0 Å². The monoisotopic (exact) mass is 238 g/mol. The van der Waals surface area contributed by atoms with Crippen LogP contribution in [0.1, 0.15) is 12.1 Å². The van der Waals surface area contributed by atoms with Gasteiger partial charge in [0.1, 0.15) is 0 Å². The van der Waals surface area contributed by atoms with Gasteiger partial charge >= 0.3 is 0 Å². The van der Waals surface area contributed by atoms with Gasteiger partial charge in [0, 0.05) is 38.4 Å². The highest BCUT2D eigenvalue weighted by Gasteiger charge is 2.24. The van der Waals surface area contributed by atoms with E-state index in [2.05, 4.69) is 34.2 Å². The summed E-state index contributed by atoms with van der Waals surface area (Å²) in [7, 11) is 4.29. The molecule has 1 aliphatic heterocycles. The van der Waals surface area contributed by atoms with Crippen LogP contribution in [0.5, 0.6) is 0 Å². The van der Waals surface area contributed by atoms with Crippen LogP contribution in [0.4, 0.5) is 0 Å². The first-order valence-corrected chi connectivity index (χ1v) is 6.17. The van der Waals surface area contributed by atoms with Gasteiger partial charge in [-0.25, -0.2) is 0 Å². The zero-order chi connectivity index (χ0) is 12.3. The van der Waals surface area contributed by atoms with Gasteiger partial charge in [0.05, 0.1) is 12.2 Å². The minimum Gasteiger partial charge on any atom is -0.329 e. The van der Waals surface area contributed by atoms with Crippen LogP contribution >= 0.6 is 0 Å². The number of likely N-dealkylation sites (tertiary alicyclic amines) is 1. The van der Waals surface area contributed by atoms with E-state index in [1.54, 1.807) is 0 Å². The SMILES string of the molecule is CN(C)C1CCN(Cc2cn(CCN)nn2)C1. The van der Waals surface area contributed by atoms with Crippen molar-refractivity contribution >= 4 is 0 Å². The van der Waals surface area contributed by atoms with Crippen LogP contribution in [0.3, 0.4) is 0 Å². The number of hydrogen-bond acceptors (Lipinski definition) is 5. The van der Waals surface area contributed by atoms with E-state index in [0.717, 1.165) is 31.9 Å². The third-order valence-corrected chi connectivity index (χ3v) is 3.31. The summed E-state index contributed by atoms with van der Waals surface area (Å²) in [6, 6.07) is 0.675. The molecule has 0 aliphatic carbocycles. The lowest BCUT2D eigenvalue weighted by Gasteiger charge is -2.19. The van der Waals surface area contributed by atoms with Gasteiger partial charge in [-0.1, -0.05) is 5.21 Å². The molecule has 6 nitrogen and oxygen atoms in total. The highest BCUT2D eigenvalue weighted by molar-refractivity contribution is 4.94. The van der Waals surface area contributed by atoms with Crippen LogP contribution in [0.2, 0.25) is 0 Å². The second kappa shape index (κ2) is 5.57. The largest absolute Gasteiger partial charge is 0.329 e. The van der Waals surface area contributed by atoms with E-state index in [-0.39, 0.29) is 0 Å². The van der Waals surface area contributed by atoms with Gasteiger partial charge in [0.15, 0.2) is 0 Å². The fraction of sp³-hybridized carbons (Fsp3) is 0.818. The average Bonchev–Trinajstić information content (AvgIpc) is 2.89. The van der Waals surface area contributed by atoms with Crippen LogP contribution in [0.25, 0.3) is 0 Å². The van der Waals surface area contributed by atoms with Crippen molar-refractivity contribution in [3.05, 3.63) is 11.9 Å². The minimum absolute atomic E-state index is 0.606. The van der Waals surface area contributed by atoms with Gasteiger partial charge in [-0.05, 0) is 20.5 Å². The fourth-order valence-electron chi connectivity index (χ4n) is 2.26. The van der Waals surface area contributed by atoms with Crippen LogP contribution < -0.4 is 5.73 Å². The summed E-state index contributed by atoms with van der Waals surface area (Å²) in [5, 5.41) is 8.22. The highest BCUT2D eigenvalue weighted by Crippen LogP contribution is 2.15. The summed E-state index contributed by atoms with van der Waals surface area (Å²) < 4.78 is 1.81. The number of hydrogen-bond donors (Lipinski definition) is 1. The summed E-state index contributed by atoms with van der Waals surface area (Å²) in [5.41, 5.74) is 6.52. The van der Waals surface area contributed by atoms with Gasteiger partial charge in [-0.3, -0.25) is 9.58 Å². The third-order valence-electron chi connectivity index (χ3n) is 3.31. The van der Waals surface area contributed by atoms with Crippen LogP contribution in [0, 0.1) is 0 Å². The van der Waals surface area contributed by atoms with E-state index < -0.39 is 0 Å². The molecule has 0 spiro atoms. The molecule has 1 aromatic rings. The molecular formula is C11H22N6. The zero-order valence-electron chi connectivity index (χ0n) is 10.7. The molecule has 0 saturated carbocycles. The Morgan fingerprint density at radius 1 is 1.53 bits per heavy atom. The van der Waals surface area contributed by atoms with Gasteiger partial charge in [0.25, 0.3) is 0 Å². The first kappa shape index (κ1) is 12.5. The van der Waals surface area contributed by atoms with E-state index in [1.807, 2.05) is 10.9 Å². The zero-order valence-corrected chi connectivity index (χ0v) is 10.7. The Hall–Kier alpha value is -0.980. The van der Waals surface area contributed by atoms with Gasteiger partial charge in [-0.15, -0.1) is 5.10 Å². The van der Waals surface area contributed by atoms with Crippen molar-refractivity contribution in [2.24, 2.45) is 5.73 Å². The maximum atomic E-state index is 5.48. The fourth-order valence-corrected chi connectivity index (χ4v) is 2.26. The molecule has 17 heavy (non-hydrogen) atoms. The van der Waals surface area contributed by atoms with Crippen LogP contribution in [-0.2, 0) is 13.1 Å².